The van der Waals surface area contributed by atoms with Crippen LogP contribution >= 0.6 is 0 Å². The first-order chi connectivity index (χ1) is 21.0. The minimum absolute atomic E-state index is 0.0265. The first kappa shape index (κ1) is 29.2. The van der Waals surface area contributed by atoms with Crippen LogP contribution in [0.25, 0.3) is 0 Å². The van der Waals surface area contributed by atoms with Gasteiger partial charge in [-0.05, 0) is 116 Å². The molecule has 4 heteroatoms. The van der Waals surface area contributed by atoms with Crippen molar-refractivity contribution < 1.29 is 9.47 Å². The van der Waals surface area contributed by atoms with E-state index in [0.29, 0.717) is 11.4 Å². The Morgan fingerprint density at radius 2 is 1.05 bits per heavy atom. The number of hydrogen-bond acceptors (Lipinski definition) is 4. The number of nitrogen functional groups attached to an aromatic ring is 2. The van der Waals surface area contributed by atoms with Crippen LogP contribution in [0.3, 0.4) is 0 Å². The van der Waals surface area contributed by atoms with Gasteiger partial charge in [-0.15, -0.1) is 0 Å². The monoisotopic (exact) mass is 574 g/mol. The zero-order valence-corrected chi connectivity index (χ0v) is 25.5. The van der Waals surface area contributed by atoms with Gasteiger partial charge in [0.1, 0.15) is 23.0 Å². The molecule has 0 radical (unpaired) electrons. The fraction of sp³-hybridized carbons (Fsp3) is 0.385. The van der Waals surface area contributed by atoms with Gasteiger partial charge in [-0.1, -0.05) is 69.0 Å². The lowest BCUT2D eigenvalue weighted by Crippen LogP contribution is -2.35. The van der Waals surface area contributed by atoms with Gasteiger partial charge in [-0.2, -0.15) is 0 Å². The first-order valence-corrected chi connectivity index (χ1v) is 16.3. The van der Waals surface area contributed by atoms with Gasteiger partial charge in [-0.3, -0.25) is 0 Å². The summed E-state index contributed by atoms with van der Waals surface area (Å²) in [5.41, 5.74) is 16.0. The van der Waals surface area contributed by atoms with Gasteiger partial charge < -0.3 is 20.9 Å². The molecular weight excluding hydrogens is 528 g/mol. The maximum Gasteiger partial charge on any atom is 0.129 e. The van der Waals surface area contributed by atoms with Crippen LogP contribution in [0.5, 0.6) is 23.0 Å². The van der Waals surface area contributed by atoms with Crippen molar-refractivity contribution in [2.75, 3.05) is 11.5 Å². The molecule has 2 aliphatic carbocycles. The third-order valence-corrected chi connectivity index (χ3v) is 10.1. The molecule has 4 N–H and O–H groups in total. The van der Waals surface area contributed by atoms with Crippen molar-refractivity contribution in [2.24, 2.45) is 17.8 Å². The Bertz CT molecular complexity index is 1370. The van der Waals surface area contributed by atoms with Crippen LogP contribution in [0.1, 0.15) is 82.3 Å². The zero-order chi connectivity index (χ0) is 29.6. The Hall–Kier alpha value is -3.92. The standard InChI is InChI=1S/C39H46N2O2/c1-2-5-28-10-12-29(13-11-28)30-22-24-39(25-23-30,31-14-18-35(19-15-31)42-37-8-3-6-33(40)26-37)32-16-20-36(21-17-32)43-38-9-4-7-34(41)27-38/h3-4,6-9,14-21,26-30H,2,5,10-13,22-25,40-41H2,1H3. The molecule has 0 atom stereocenters. The normalized spacial score (nSPS) is 20.4. The van der Waals surface area contributed by atoms with E-state index < -0.39 is 0 Å². The van der Waals surface area contributed by atoms with Crippen molar-refractivity contribution in [1.82, 2.24) is 0 Å². The van der Waals surface area contributed by atoms with E-state index in [1.54, 1.807) is 0 Å². The van der Waals surface area contributed by atoms with Crippen molar-refractivity contribution in [1.29, 1.82) is 0 Å². The SMILES string of the molecule is CCCC1CCC(C2CCC(c3ccc(Oc4cccc(N)c4)cc3)(c3ccc(Oc4cccc(N)c4)cc3)CC2)CC1. The van der Waals surface area contributed by atoms with Gasteiger partial charge in [-0.25, -0.2) is 0 Å². The van der Waals surface area contributed by atoms with Crippen LogP contribution in [0, 0.1) is 17.8 Å². The van der Waals surface area contributed by atoms with Crippen LogP contribution in [-0.4, -0.2) is 0 Å². The summed E-state index contributed by atoms with van der Waals surface area (Å²) < 4.78 is 12.3. The van der Waals surface area contributed by atoms with Crippen LogP contribution in [0.2, 0.25) is 0 Å². The van der Waals surface area contributed by atoms with Gasteiger partial charge in [0.05, 0.1) is 0 Å². The smallest absolute Gasteiger partial charge is 0.129 e. The molecule has 2 saturated carbocycles. The molecule has 0 unspecified atom stereocenters. The second kappa shape index (κ2) is 13.2. The molecule has 224 valence electrons. The number of hydrogen-bond donors (Lipinski definition) is 2. The number of anilines is 2. The van der Waals surface area contributed by atoms with E-state index in [0.717, 1.165) is 53.6 Å². The highest BCUT2D eigenvalue weighted by Crippen LogP contribution is 2.51. The average molecular weight is 575 g/mol. The van der Waals surface area contributed by atoms with E-state index in [-0.39, 0.29) is 5.41 Å². The Labute approximate surface area is 257 Å². The third kappa shape index (κ3) is 6.85. The summed E-state index contributed by atoms with van der Waals surface area (Å²) in [5, 5.41) is 0. The van der Waals surface area contributed by atoms with Crippen molar-refractivity contribution in [3.63, 3.8) is 0 Å². The molecule has 6 rings (SSSR count). The molecule has 0 aliphatic heterocycles. The summed E-state index contributed by atoms with van der Waals surface area (Å²) in [7, 11) is 0. The number of benzene rings is 4. The molecular formula is C39H46N2O2. The molecule has 4 aromatic carbocycles. The highest BCUT2D eigenvalue weighted by Gasteiger charge is 2.41. The Kier molecular flexibility index (Phi) is 8.92. The van der Waals surface area contributed by atoms with Gasteiger partial charge >= 0.3 is 0 Å². The number of nitrogens with two attached hydrogens (primary N) is 2. The second-order valence-corrected chi connectivity index (χ2v) is 12.9. The fourth-order valence-electron chi connectivity index (χ4n) is 7.82. The van der Waals surface area contributed by atoms with Gasteiger partial charge in [0, 0.05) is 28.9 Å². The molecule has 0 amide bonds. The van der Waals surface area contributed by atoms with Crippen molar-refractivity contribution >= 4 is 11.4 Å². The summed E-state index contributed by atoms with van der Waals surface area (Å²) in [6.07, 6.45) is 13.4. The molecule has 2 aliphatic rings. The first-order valence-electron chi connectivity index (χ1n) is 16.3. The lowest BCUT2D eigenvalue weighted by molar-refractivity contribution is 0.141. The maximum absolute atomic E-state index is 6.14. The zero-order valence-electron chi connectivity index (χ0n) is 25.5. The molecule has 0 saturated heterocycles. The largest absolute Gasteiger partial charge is 0.457 e. The molecule has 4 nitrogen and oxygen atoms in total. The summed E-state index contributed by atoms with van der Waals surface area (Å²) in [5.74, 6) is 5.87. The van der Waals surface area contributed by atoms with Gasteiger partial charge in [0.2, 0.25) is 0 Å². The Balaban J connectivity index is 1.22. The molecule has 4 aromatic rings. The predicted octanol–water partition coefficient (Wildman–Crippen LogP) is 10.5. The van der Waals surface area contributed by atoms with Crippen LogP contribution in [0.4, 0.5) is 11.4 Å². The summed E-state index contributed by atoms with van der Waals surface area (Å²) in [4.78, 5) is 0. The predicted molar refractivity (Wildman–Crippen MR) is 178 cm³/mol. The van der Waals surface area contributed by atoms with Crippen LogP contribution < -0.4 is 20.9 Å². The van der Waals surface area contributed by atoms with E-state index >= 15 is 0 Å². The van der Waals surface area contributed by atoms with Crippen molar-refractivity contribution in [2.45, 2.75) is 76.5 Å². The van der Waals surface area contributed by atoms with E-state index in [2.05, 4.69) is 55.5 Å². The third-order valence-electron chi connectivity index (χ3n) is 10.1. The fourth-order valence-corrected chi connectivity index (χ4v) is 7.82. The summed E-state index contributed by atoms with van der Waals surface area (Å²) in [6, 6.07) is 32.7. The molecule has 43 heavy (non-hydrogen) atoms. The number of ether oxygens (including phenoxy) is 2. The van der Waals surface area contributed by atoms with Gasteiger partial charge in [0.25, 0.3) is 0 Å². The van der Waals surface area contributed by atoms with E-state index in [1.807, 2.05) is 48.5 Å². The van der Waals surface area contributed by atoms with Crippen LogP contribution in [-0.2, 0) is 5.41 Å². The minimum atomic E-state index is -0.0265. The highest BCUT2D eigenvalue weighted by molar-refractivity contribution is 5.48. The summed E-state index contributed by atoms with van der Waals surface area (Å²) >= 11 is 0. The number of rotatable bonds is 9. The molecule has 0 heterocycles. The van der Waals surface area contributed by atoms with E-state index in [4.69, 9.17) is 20.9 Å². The van der Waals surface area contributed by atoms with Crippen molar-refractivity contribution in [3.05, 3.63) is 108 Å². The lowest BCUT2D eigenvalue weighted by atomic mass is 9.60. The Morgan fingerprint density at radius 1 is 0.581 bits per heavy atom. The van der Waals surface area contributed by atoms with Crippen molar-refractivity contribution in [3.8, 4) is 23.0 Å². The highest BCUT2D eigenvalue weighted by atomic mass is 16.5. The average Bonchev–Trinajstić information content (AvgIpc) is 3.03. The molecule has 0 spiro atoms. The second-order valence-electron chi connectivity index (χ2n) is 12.9. The Morgan fingerprint density at radius 3 is 1.49 bits per heavy atom. The van der Waals surface area contributed by atoms with Gasteiger partial charge in [0.15, 0.2) is 0 Å². The topological polar surface area (TPSA) is 70.5 Å². The van der Waals surface area contributed by atoms with Crippen LogP contribution in [0.15, 0.2) is 97.1 Å². The minimum Gasteiger partial charge on any atom is -0.457 e. The molecule has 0 bridgehead atoms. The van der Waals surface area contributed by atoms with E-state index in [9.17, 15) is 0 Å². The molecule has 0 aromatic heterocycles. The van der Waals surface area contributed by atoms with E-state index in [1.165, 1.54) is 62.5 Å². The lowest BCUT2D eigenvalue weighted by Gasteiger charge is -2.44. The maximum atomic E-state index is 6.14. The summed E-state index contributed by atoms with van der Waals surface area (Å²) in [6.45, 7) is 2.33. The quantitative estimate of drug-likeness (QED) is 0.195. The molecule has 2 fully saturated rings.